The van der Waals surface area contributed by atoms with Crippen LogP contribution in [0.3, 0.4) is 0 Å². The second-order valence-corrected chi connectivity index (χ2v) is 4.33. The van der Waals surface area contributed by atoms with Gasteiger partial charge in [0, 0.05) is 0 Å². The number of carbonyl (C=O) groups excluding carboxylic acids is 2. The number of methoxy groups -OCH3 is 1. The number of carbonyl (C=O) groups is 2. The molecule has 8 heteroatoms. The van der Waals surface area contributed by atoms with Gasteiger partial charge in [-0.05, 0) is 12.5 Å². The molecule has 0 spiro atoms. The summed E-state index contributed by atoms with van der Waals surface area (Å²) in [6, 6.07) is 4.24. The Kier molecular flexibility index (Phi) is 5.31. The summed E-state index contributed by atoms with van der Waals surface area (Å²) in [6.07, 6.45) is -6.83. The predicted octanol–water partition coefficient (Wildman–Crippen LogP) is 1.25. The molecule has 0 bridgehead atoms. The normalized spacial score (nSPS) is 14.2. The van der Waals surface area contributed by atoms with Gasteiger partial charge >= 0.3 is 18.1 Å². The van der Waals surface area contributed by atoms with Crippen LogP contribution < -0.4 is 5.32 Å². The molecule has 1 amide bonds. The van der Waals surface area contributed by atoms with Crippen molar-refractivity contribution in [3.8, 4) is 0 Å². The molecule has 2 N–H and O–H groups in total. The van der Waals surface area contributed by atoms with Crippen LogP contribution in [-0.4, -0.2) is 36.3 Å². The van der Waals surface area contributed by atoms with Gasteiger partial charge in [0.2, 0.25) is 0 Å². The molecule has 0 fully saturated rings. The minimum atomic E-state index is -5.17. The van der Waals surface area contributed by atoms with E-state index in [0.29, 0.717) is 0 Å². The van der Waals surface area contributed by atoms with Crippen LogP contribution in [0.1, 0.15) is 17.2 Å². The van der Waals surface area contributed by atoms with Gasteiger partial charge < -0.3 is 15.2 Å². The fraction of sp³-hybridized carbons (Fsp3) is 0.385. The van der Waals surface area contributed by atoms with Crippen molar-refractivity contribution in [2.45, 2.75) is 25.2 Å². The zero-order chi connectivity index (χ0) is 16.2. The minimum Gasteiger partial charge on any atom is -0.467 e. The summed E-state index contributed by atoms with van der Waals surface area (Å²) < 4.78 is 41.1. The highest BCUT2D eigenvalue weighted by Gasteiger charge is 2.42. The third-order valence-corrected chi connectivity index (χ3v) is 2.73. The van der Waals surface area contributed by atoms with E-state index in [4.69, 9.17) is 0 Å². The molecule has 0 radical (unpaired) electrons. The van der Waals surface area contributed by atoms with Crippen LogP contribution in [0, 0.1) is 6.92 Å². The third kappa shape index (κ3) is 4.45. The summed E-state index contributed by atoms with van der Waals surface area (Å²) in [7, 11) is 0.941. The fourth-order valence-corrected chi connectivity index (χ4v) is 1.57. The van der Waals surface area contributed by atoms with Gasteiger partial charge in [-0.1, -0.05) is 29.8 Å². The number of halogens is 3. The van der Waals surface area contributed by atoms with Gasteiger partial charge in [0.25, 0.3) is 0 Å². The molecular weight excluding hydrogens is 291 g/mol. The molecule has 5 nitrogen and oxygen atoms in total. The van der Waals surface area contributed by atoms with Gasteiger partial charge in [-0.15, -0.1) is 0 Å². The summed E-state index contributed by atoms with van der Waals surface area (Å²) in [6.45, 7) is 1.78. The van der Waals surface area contributed by atoms with Gasteiger partial charge in [0.15, 0.2) is 6.04 Å². The standard InChI is InChI=1S/C13H14F3NO4/c1-7-3-5-8(6-4-7)10(18)9(11(19)21-2)17-12(20)13(14,15)16/h3-6,9-10,18H,1-2H3,(H,17,20)/t9-,10+/m1/s1. The Morgan fingerprint density at radius 1 is 1.24 bits per heavy atom. The number of hydrogen-bond acceptors (Lipinski definition) is 4. The van der Waals surface area contributed by atoms with Crippen LogP contribution in [0.15, 0.2) is 24.3 Å². The molecular formula is C13H14F3NO4. The molecule has 0 aliphatic rings. The Hall–Kier alpha value is -2.09. The molecule has 0 aromatic heterocycles. The Morgan fingerprint density at radius 3 is 2.19 bits per heavy atom. The molecule has 0 saturated carbocycles. The van der Waals surface area contributed by atoms with Crippen LogP contribution in [0.5, 0.6) is 0 Å². The molecule has 0 unspecified atom stereocenters. The fourth-order valence-electron chi connectivity index (χ4n) is 1.57. The zero-order valence-corrected chi connectivity index (χ0v) is 11.3. The average molecular weight is 305 g/mol. The highest BCUT2D eigenvalue weighted by atomic mass is 19.4. The lowest BCUT2D eigenvalue weighted by Crippen LogP contribution is -2.50. The number of aliphatic hydroxyl groups is 1. The Bertz CT molecular complexity index is 513. The van der Waals surface area contributed by atoms with Crippen LogP contribution in [0.4, 0.5) is 13.2 Å². The van der Waals surface area contributed by atoms with E-state index in [9.17, 15) is 27.9 Å². The summed E-state index contributed by atoms with van der Waals surface area (Å²) in [5, 5.41) is 11.4. The minimum absolute atomic E-state index is 0.179. The van der Waals surface area contributed by atoms with Crippen molar-refractivity contribution in [1.82, 2.24) is 5.32 Å². The van der Waals surface area contributed by atoms with Gasteiger partial charge in [-0.25, -0.2) is 4.79 Å². The van der Waals surface area contributed by atoms with Gasteiger partial charge in [0.05, 0.1) is 7.11 Å². The predicted molar refractivity (Wildman–Crippen MR) is 66.1 cm³/mol. The second kappa shape index (κ2) is 6.57. The van der Waals surface area contributed by atoms with Crippen molar-refractivity contribution < 1.29 is 32.6 Å². The van der Waals surface area contributed by atoms with Crippen molar-refractivity contribution in [1.29, 1.82) is 0 Å². The van der Waals surface area contributed by atoms with Crippen molar-refractivity contribution in [2.75, 3.05) is 7.11 Å². The molecule has 1 aromatic carbocycles. The van der Waals surface area contributed by atoms with E-state index >= 15 is 0 Å². The van der Waals surface area contributed by atoms with Crippen molar-refractivity contribution in [3.63, 3.8) is 0 Å². The second-order valence-electron chi connectivity index (χ2n) is 4.33. The first-order valence-electron chi connectivity index (χ1n) is 5.87. The largest absolute Gasteiger partial charge is 0.471 e. The maximum absolute atomic E-state index is 12.2. The monoisotopic (exact) mass is 305 g/mol. The highest BCUT2D eigenvalue weighted by Crippen LogP contribution is 2.21. The molecule has 1 aromatic rings. The van der Waals surface area contributed by atoms with Crippen molar-refractivity contribution in [3.05, 3.63) is 35.4 Å². The number of benzene rings is 1. The lowest BCUT2D eigenvalue weighted by Gasteiger charge is -2.22. The van der Waals surface area contributed by atoms with Crippen molar-refractivity contribution in [2.24, 2.45) is 0 Å². The van der Waals surface area contributed by atoms with Crippen LogP contribution >= 0.6 is 0 Å². The summed E-state index contributed by atoms with van der Waals surface area (Å²) in [5.41, 5.74) is 1.04. The van der Waals surface area contributed by atoms with Gasteiger partial charge in [-0.3, -0.25) is 4.79 Å². The lowest BCUT2D eigenvalue weighted by molar-refractivity contribution is -0.177. The molecule has 1 rings (SSSR count). The number of amides is 1. The number of rotatable bonds is 4. The van der Waals surface area contributed by atoms with E-state index < -0.39 is 30.2 Å². The number of hydrogen-bond donors (Lipinski definition) is 2. The van der Waals surface area contributed by atoms with Gasteiger partial charge in [-0.2, -0.15) is 13.2 Å². The number of nitrogens with one attached hydrogen (secondary N) is 1. The highest BCUT2D eigenvalue weighted by molar-refractivity contribution is 5.88. The smallest absolute Gasteiger partial charge is 0.467 e. The van der Waals surface area contributed by atoms with E-state index in [1.807, 2.05) is 0 Å². The number of aliphatic hydroxyl groups excluding tert-OH is 1. The number of alkyl halides is 3. The van der Waals surface area contributed by atoms with E-state index in [-0.39, 0.29) is 5.56 Å². The molecule has 21 heavy (non-hydrogen) atoms. The number of aryl methyl sites for hydroxylation is 1. The van der Waals surface area contributed by atoms with E-state index in [1.165, 1.54) is 17.4 Å². The third-order valence-electron chi connectivity index (χ3n) is 2.73. The Labute approximate surface area is 118 Å². The lowest BCUT2D eigenvalue weighted by atomic mass is 10.0. The van der Waals surface area contributed by atoms with E-state index in [1.54, 1.807) is 19.1 Å². The van der Waals surface area contributed by atoms with Gasteiger partial charge in [0.1, 0.15) is 6.10 Å². The topological polar surface area (TPSA) is 75.6 Å². The SMILES string of the molecule is COC(=O)[C@H](NC(=O)C(F)(F)F)[C@@H](O)c1ccc(C)cc1. The summed E-state index contributed by atoms with van der Waals surface area (Å²) in [4.78, 5) is 22.4. The maximum atomic E-state index is 12.2. The van der Waals surface area contributed by atoms with E-state index in [0.717, 1.165) is 12.7 Å². The maximum Gasteiger partial charge on any atom is 0.471 e. The Balaban J connectivity index is 2.99. The molecule has 0 aliphatic heterocycles. The van der Waals surface area contributed by atoms with Crippen molar-refractivity contribution >= 4 is 11.9 Å². The first kappa shape index (κ1) is 17.0. The molecule has 116 valence electrons. The van der Waals surface area contributed by atoms with Crippen LogP contribution in [-0.2, 0) is 14.3 Å². The van der Waals surface area contributed by atoms with Crippen LogP contribution in [0.25, 0.3) is 0 Å². The molecule has 0 heterocycles. The first-order valence-corrected chi connectivity index (χ1v) is 5.87. The van der Waals surface area contributed by atoms with E-state index in [2.05, 4.69) is 4.74 Å². The molecule has 0 aliphatic carbocycles. The molecule has 2 atom stereocenters. The summed E-state index contributed by atoms with van der Waals surface area (Å²) >= 11 is 0. The molecule has 0 saturated heterocycles. The average Bonchev–Trinajstić information content (AvgIpc) is 2.42. The quantitative estimate of drug-likeness (QED) is 0.821. The number of ether oxygens (including phenoxy) is 1. The number of esters is 1. The zero-order valence-electron chi connectivity index (χ0n) is 11.3. The Morgan fingerprint density at radius 2 is 1.76 bits per heavy atom. The van der Waals surface area contributed by atoms with Crippen LogP contribution in [0.2, 0.25) is 0 Å². The first-order chi connectivity index (χ1) is 9.66. The summed E-state index contributed by atoms with van der Waals surface area (Å²) in [5.74, 6) is -3.51.